The smallest absolute Gasteiger partial charge is 0.139 e. The topological polar surface area (TPSA) is 70.6 Å². The highest BCUT2D eigenvalue weighted by molar-refractivity contribution is 8.06. The second kappa shape index (κ2) is 6.20. The zero-order chi connectivity index (χ0) is 12.1. The molecule has 2 fully saturated rings. The number of nitrogens with one attached hydrogen (secondary N) is 1. The number of amidine groups is 1. The van der Waals surface area contributed by atoms with Crippen molar-refractivity contribution in [2.45, 2.75) is 24.5 Å². The van der Waals surface area contributed by atoms with Crippen LogP contribution in [0.1, 0.15) is 19.3 Å². The number of nitrogens with zero attached hydrogens (tertiary/aromatic N) is 1. The maximum Gasteiger partial charge on any atom is 0.139 e. The number of hydrogen-bond acceptors (Lipinski definition) is 5. The van der Waals surface area contributed by atoms with E-state index >= 15 is 0 Å². The summed E-state index contributed by atoms with van der Waals surface area (Å²) in [4.78, 5) is 0. The Hall–Kier alpha value is -0.0700. The molecule has 1 heterocycles. The molecule has 1 saturated carbocycles. The van der Waals surface area contributed by atoms with Crippen molar-refractivity contribution < 1.29 is 5.21 Å². The Morgan fingerprint density at radius 2 is 2.29 bits per heavy atom. The number of nitrogens with two attached hydrogens (primary N) is 1. The fraction of sp³-hybridized carbons (Fsp3) is 0.909. The van der Waals surface area contributed by atoms with Crippen molar-refractivity contribution >= 4 is 29.4 Å². The van der Waals surface area contributed by atoms with Gasteiger partial charge in [0.25, 0.3) is 0 Å². The minimum Gasteiger partial charge on any atom is -0.409 e. The van der Waals surface area contributed by atoms with Crippen molar-refractivity contribution in [3.05, 3.63) is 0 Å². The molecule has 0 aromatic rings. The summed E-state index contributed by atoms with van der Waals surface area (Å²) in [5.74, 6) is 4.22. The SMILES string of the molecule is NC(CC1(CNCC2CSCCS2)CC1)=NO. The highest BCUT2D eigenvalue weighted by atomic mass is 32.2. The molecule has 0 bridgehead atoms. The summed E-state index contributed by atoms with van der Waals surface area (Å²) in [5.41, 5.74) is 5.86. The molecule has 0 amide bonds. The molecule has 1 saturated heterocycles. The normalized spacial score (nSPS) is 28.0. The highest BCUT2D eigenvalue weighted by Crippen LogP contribution is 2.48. The summed E-state index contributed by atoms with van der Waals surface area (Å²) in [5, 5.41) is 16.0. The summed E-state index contributed by atoms with van der Waals surface area (Å²) in [7, 11) is 0. The van der Waals surface area contributed by atoms with E-state index in [2.05, 4.69) is 34.0 Å². The van der Waals surface area contributed by atoms with Crippen LogP contribution in [-0.4, -0.2) is 46.6 Å². The summed E-state index contributed by atoms with van der Waals surface area (Å²) < 4.78 is 0. The van der Waals surface area contributed by atoms with Gasteiger partial charge in [-0.05, 0) is 18.3 Å². The third kappa shape index (κ3) is 4.26. The molecule has 0 radical (unpaired) electrons. The first-order chi connectivity index (χ1) is 8.24. The van der Waals surface area contributed by atoms with Crippen LogP contribution in [0, 0.1) is 5.41 Å². The summed E-state index contributed by atoms with van der Waals surface area (Å²) >= 11 is 4.14. The van der Waals surface area contributed by atoms with E-state index in [9.17, 15) is 0 Å². The summed E-state index contributed by atoms with van der Waals surface area (Å²) in [6.07, 6.45) is 3.12. The summed E-state index contributed by atoms with van der Waals surface area (Å²) in [6.45, 7) is 2.10. The molecule has 0 aromatic heterocycles. The van der Waals surface area contributed by atoms with E-state index in [0.717, 1.165) is 24.8 Å². The average Bonchev–Trinajstić information content (AvgIpc) is 3.10. The predicted octanol–water partition coefficient (Wildman–Crippen LogP) is 1.34. The second-order valence-corrected chi connectivity index (χ2v) is 7.52. The molecule has 0 spiro atoms. The molecular weight excluding hydrogens is 254 g/mol. The first-order valence-electron chi connectivity index (χ1n) is 6.11. The van der Waals surface area contributed by atoms with Gasteiger partial charge < -0.3 is 16.3 Å². The Balaban J connectivity index is 1.64. The van der Waals surface area contributed by atoms with E-state index in [1.165, 1.54) is 30.1 Å². The fourth-order valence-corrected chi connectivity index (χ4v) is 4.81. The van der Waals surface area contributed by atoms with Crippen molar-refractivity contribution in [2.24, 2.45) is 16.3 Å². The minimum atomic E-state index is 0.281. The quantitative estimate of drug-likeness (QED) is 0.295. The first-order valence-corrected chi connectivity index (χ1v) is 8.31. The lowest BCUT2D eigenvalue weighted by atomic mass is 10.0. The van der Waals surface area contributed by atoms with Crippen LogP contribution in [0.3, 0.4) is 0 Å². The molecule has 98 valence electrons. The number of hydrogen-bond donors (Lipinski definition) is 3. The van der Waals surface area contributed by atoms with Gasteiger partial charge in [-0.2, -0.15) is 23.5 Å². The van der Waals surface area contributed by atoms with Gasteiger partial charge in [0.2, 0.25) is 0 Å². The fourth-order valence-electron chi connectivity index (χ4n) is 2.17. The lowest BCUT2D eigenvalue weighted by Crippen LogP contribution is -2.34. The molecule has 1 aliphatic heterocycles. The molecule has 1 unspecified atom stereocenters. The van der Waals surface area contributed by atoms with Gasteiger partial charge in [0, 0.05) is 42.0 Å². The Morgan fingerprint density at radius 1 is 1.47 bits per heavy atom. The molecule has 4 nitrogen and oxygen atoms in total. The van der Waals surface area contributed by atoms with Gasteiger partial charge in [-0.1, -0.05) is 5.16 Å². The van der Waals surface area contributed by atoms with Crippen LogP contribution in [-0.2, 0) is 0 Å². The van der Waals surface area contributed by atoms with E-state index in [-0.39, 0.29) is 5.41 Å². The van der Waals surface area contributed by atoms with Crippen LogP contribution in [0.2, 0.25) is 0 Å². The largest absolute Gasteiger partial charge is 0.409 e. The third-order valence-corrected chi connectivity index (χ3v) is 6.24. The van der Waals surface area contributed by atoms with Gasteiger partial charge in [-0.15, -0.1) is 0 Å². The molecule has 6 heteroatoms. The van der Waals surface area contributed by atoms with Gasteiger partial charge in [-0.25, -0.2) is 0 Å². The van der Waals surface area contributed by atoms with E-state index in [1.807, 2.05) is 0 Å². The minimum absolute atomic E-state index is 0.281. The van der Waals surface area contributed by atoms with E-state index < -0.39 is 0 Å². The Labute approximate surface area is 111 Å². The molecule has 2 rings (SSSR count). The molecular formula is C11H21N3OS2. The average molecular weight is 275 g/mol. The first kappa shape index (κ1) is 13.4. The molecule has 4 N–H and O–H groups in total. The van der Waals surface area contributed by atoms with Crippen LogP contribution >= 0.6 is 23.5 Å². The molecule has 17 heavy (non-hydrogen) atoms. The maximum atomic E-state index is 8.59. The van der Waals surface area contributed by atoms with E-state index in [1.54, 1.807) is 0 Å². The zero-order valence-electron chi connectivity index (χ0n) is 10.0. The molecule has 2 aliphatic rings. The van der Waals surface area contributed by atoms with E-state index in [0.29, 0.717) is 5.84 Å². The Bertz CT molecular complexity index is 276. The van der Waals surface area contributed by atoms with Crippen LogP contribution in [0.15, 0.2) is 5.16 Å². The molecule has 1 aliphatic carbocycles. The monoisotopic (exact) mass is 275 g/mol. The zero-order valence-corrected chi connectivity index (χ0v) is 11.7. The molecule has 0 aromatic carbocycles. The van der Waals surface area contributed by atoms with Crippen molar-refractivity contribution in [1.29, 1.82) is 0 Å². The van der Waals surface area contributed by atoms with Crippen molar-refractivity contribution in [2.75, 3.05) is 30.3 Å². The number of rotatable bonds is 6. The van der Waals surface area contributed by atoms with Crippen molar-refractivity contribution in [3.63, 3.8) is 0 Å². The van der Waals surface area contributed by atoms with Gasteiger partial charge in [0.05, 0.1) is 0 Å². The lowest BCUT2D eigenvalue weighted by molar-refractivity contribution is 0.314. The van der Waals surface area contributed by atoms with Gasteiger partial charge >= 0.3 is 0 Å². The van der Waals surface area contributed by atoms with Gasteiger partial charge in [-0.3, -0.25) is 0 Å². The Morgan fingerprint density at radius 3 is 2.88 bits per heavy atom. The third-order valence-electron chi connectivity index (χ3n) is 3.40. The maximum absolute atomic E-state index is 8.59. The second-order valence-electron chi connectivity index (χ2n) is 4.97. The lowest BCUT2D eigenvalue weighted by Gasteiger charge is -2.23. The number of oxime groups is 1. The van der Waals surface area contributed by atoms with Crippen LogP contribution in [0.5, 0.6) is 0 Å². The van der Waals surface area contributed by atoms with Gasteiger partial charge in [0.1, 0.15) is 5.84 Å². The van der Waals surface area contributed by atoms with Gasteiger partial charge in [0.15, 0.2) is 0 Å². The number of thioether (sulfide) groups is 2. The van der Waals surface area contributed by atoms with E-state index in [4.69, 9.17) is 10.9 Å². The van der Waals surface area contributed by atoms with Crippen LogP contribution in [0.25, 0.3) is 0 Å². The highest BCUT2D eigenvalue weighted by Gasteiger charge is 2.42. The van der Waals surface area contributed by atoms with Crippen LogP contribution in [0.4, 0.5) is 0 Å². The van der Waals surface area contributed by atoms with Crippen LogP contribution < -0.4 is 11.1 Å². The standard InChI is InChI=1S/C11H21N3OS2/c12-10(14-15)5-11(1-2-11)8-13-6-9-7-16-3-4-17-9/h9,13,15H,1-8H2,(H2,12,14). The van der Waals surface area contributed by atoms with Crippen molar-refractivity contribution in [3.8, 4) is 0 Å². The van der Waals surface area contributed by atoms with Crippen molar-refractivity contribution in [1.82, 2.24) is 5.32 Å². The predicted molar refractivity (Wildman–Crippen MR) is 76.1 cm³/mol. The molecule has 1 atom stereocenters. The summed E-state index contributed by atoms with van der Waals surface area (Å²) in [6, 6.07) is 0. The Kier molecular flexibility index (Phi) is 4.87.